The molecule has 0 aliphatic rings. The monoisotopic (exact) mass is 262 g/mol. The second kappa shape index (κ2) is 5.75. The summed E-state index contributed by atoms with van der Waals surface area (Å²) in [7, 11) is 0. The highest BCUT2D eigenvalue weighted by Gasteiger charge is 2.19. The van der Waals surface area contributed by atoms with Crippen LogP contribution < -0.4 is 11.3 Å². The van der Waals surface area contributed by atoms with Crippen molar-refractivity contribution >= 4 is 28.6 Å². The quantitative estimate of drug-likeness (QED) is 0.285. The lowest BCUT2D eigenvalue weighted by Gasteiger charge is -2.00. The lowest BCUT2D eigenvalue weighted by atomic mass is 10.1. The van der Waals surface area contributed by atoms with Crippen molar-refractivity contribution in [3.05, 3.63) is 48.2 Å². The maximum Gasteiger partial charge on any atom is 0.269 e. The van der Waals surface area contributed by atoms with Gasteiger partial charge in [-0.15, -0.1) is 18.3 Å². The van der Waals surface area contributed by atoms with Gasteiger partial charge in [-0.05, 0) is 6.07 Å². The van der Waals surface area contributed by atoms with E-state index in [1.807, 2.05) is 30.3 Å². The van der Waals surface area contributed by atoms with Crippen LogP contribution in [0.3, 0.4) is 0 Å². The maximum absolute atomic E-state index is 11.8. The average molecular weight is 262 g/mol. The number of nitrogens with two attached hydrogens (primary N) is 1. The molecule has 0 fully saturated rings. The molecule has 0 radical (unpaired) electrons. The number of nitrogens with one attached hydrogen (secondary N) is 1. The van der Waals surface area contributed by atoms with Crippen LogP contribution in [-0.4, -0.2) is 11.7 Å². The molecule has 0 atom stereocenters. The lowest BCUT2D eigenvalue weighted by molar-refractivity contribution is 0.0953. The first-order valence-electron chi connectivity index (χ1n) is 5.48. The van der Waals surface area contributed by atoms with Crippen molar-refractivity contribution in [2.45, 2.75) is 5.75 Å². The van der Waals surface area contributed by atoms with Crippen LogP contribution in [0.2, 0.25) is 0 Å². The minimum atomic E-state index is -0.325. The topological polar surface area (TPSA) is 68.3 Å². The predicted octanol–water partition coefficient (Wildman–Crippen LogP) is 2.46. The summed E-state index contributed by atoms with van der Waals surface area (Å²) < 4.78 is 5.70. The predicted molar refractivity (Wildman–Crippen MR) is 74.2 cm³/mol. The van der Waals surface area contributed by atoms with E-state index in [-0.39, 0.29) is 5.91 Å². The summed E-state index contributed by atoms with van der Waals surface area (Å²) >= 11 is 1.63. The number of hydrazine groups is 1. The summed E-state index contributed by atoms with van der Waals surface area (Å²) in [5, 5.41) is 0.787. The number of amides is 1. The number of carbonyl (C=O) groups excluding carboxylic acids is 1. The Bertz CT molecular complexity index is 577. The number of para-hydroxylation sites is 1. The molecule has 1 amide bonds. The first-order chi connectivity index (χ1) is 8.77. The molecule has 0 aliphatic heterocycles. The first-order valence-corrected chi connectivity index (χ1v) is 6.63. The van der Waals surface area contributed by atoms with E-state index in [0.29, 0.717) is 22.7 Å². The molecule has 1 heterocycles. The van der Waals surface area contributed by atoms with Gasteiger partial charge in [-0.3, -0.25) is 10.2 Å². The molecular formula is C13H14N2O2S. The molecule has 5 heteroatoms. The van der Waals surface area contributed by atoms with E-state index in [9.17, 15) is 4.79 Å². The molecule has 0 saturated heterocycles. The van der Waals surface area contributed by atoms with Crippen molar-refractivity contribution in [2.24, 2.45) is 5.84 Å². The zero-order valence-electron chi connectivity index (χ0n) is 9.81. The molecule has 1 aromatic heterocycles. The van der Waals surface area contributed by atoms with Gasteiger partial charge < -0.3 is 4.42 Å². The molecule has 2 rings (SSSR count). The maximum atomic E-state index is 11.8. The Hall–Kier alpha value is -1.72. The fourth-order valence-electron chi connectivity index (χ4n) is 1.75. The number of fused-ring (bicyclic) bond motifs is 1. The zero-order valence-corrected chi connectivity index (χ0v) is 10.6. The van der Waals surface area contributed by atoms with E-state index in [4.69, 9.17) is 10.3 Å². The molecule has 1 aromatic carbocycles. The van der Waals surface area contributed by atoms with E-state index >= 15 is 0 Å². The minimum absolute atomic E-state index is 0.325. The van der Waals surface area contributed by atoms with Crippen LogP contribution in [0.15, 0.2) is 41.3 Å². The number of nitrogen functional groups attached to an aromatic ring is 1. The summed E-state index contributed by atoms with van der Waals surface area (Å²) in [5.74, 6) is 6.95. The van der Waals surface area contributed by atoms with E-state index < -0.39 is 0 Å². The number of furan rings is 1. The first kappa shape index (κ1) is 12.7. The number of carbonyl (C=O) groups is 1. The van der Waals surface area contributed by atoms with Crippen LogP contribution in [-0.2, 0) is 5.75 Å². The largest absolute Gasteiger partial charge is 0.459 e. The summed E-state index contributed by atoms with van der Waals surface area (Å²) in [6.45, 7) is 3.66. The molecule has 0 bridgehead atoms. The number of rotatable bonds is 5. The van der Waals surface area contributed by atoms with Crippen molar-refractivity contribution in [1.29, 1.82) is 0 Å². The highest BCUT2D eigenvalue weighted by molar-refractivity contribution is 7.98. The van der Waals surface area contributed by atoms with Crippen molar-refractivity contribution in [2.75, 3.05) is 5.75 Å². The normalized spacial score (nSPS) is 10.5. The van der Waals surface area contributed by atoms with Crippen LogP contribution in [0.25, 0.3) is 11.0 Å². The van der Waals surface area contributed by atoms with Gasteiger partial charge in [0.2, 0.25) is 0 Å². The van der Waals surface area contributed by atoms with Gasteiger partial charge in [-0.25, -0.2) is 5.84 Å². The van der Waals surface area contributed by atoms with E-state index in [2.05, 4.69) is 12.0 Å². The van der Waals surface area contributed by atoms with E-state index in [1.54, 1.807) is 11.8 Å². The Kier molecular flexibility index (Phi) is 4.07. The highest BCUT2D eigenvalue weighted by atomic mass is 32.2. The Morgan fingerprint density at radius 1 is 1.50 bits per heavy atom. The van der Waals surface area contributed by atoms with Crippen molar-refractivity contribution in [3.8, 4) is 0 Å². The fraction of sp³-hybridized carbons (Fsp3) is 0.154. The third-order valence-electron chi connectivity index (χ3n) is 2.50. The highest BCUT2D eigenvalue weighted by Crippen LogP contribution is 2.28. The van der Waals surface area contributed by atoms with Gasteiger partial charge in [0.25, 0.3) is 5.91 Å². The van der Waals surface area contributed by atoms with Gasteiger partial charge in [-0.1, -0.05) is 24.3 Å². The molecule has 0 saturated carbocycles. The van der Waals surface area contributed by atoms with Crippen LogP contribution in [0, 0.1) is 0 Å². The van der Waals surface area contributed by atoms with Crippen molar-refractivity contribution in [1.82, 2.24) is 5.43 Å². The third kappa shape index (κ3) is 2.42. The molecular weight excluding hydrogens is 248 g/mol. The van der Waals surface area contributed by atoms with Gasteiger partial charge in [0.1, 0.15) is 11.3 Å². The molecule has 2 aromatic rings. The van der Waals surface area contributed by atoms with E-state index in [1.165, 1.54) is 0 Å². The Morgan fingerprint density at radius 2 is 2.28 bits per heavy atom. The number of benzene rings is 1. The molecule has 18 heavy (non-hydrogen) atoms. The SMILES string of the molecule is C=CCSCc1oc2ccccc2c1C(=O)NN. The number of hydrogen-bond donors (Lipinski definition) is 2. The fourth-order valence-corrected chi connectivity index (χ4v) is 2.43. The number of thioether (sulfide) groups is 1. The van der Waals surface area contributed by atoms with Gasteiger partial charge in [0, 0.05) is 11.1 Å². The molecule has 4 nitrogen and oxygen atoms in total. The molecule has 0 spiro atoms. The van der Waals surface area contributed by atoms with Gasteiger partial charge in [0.05, 0.1) is 11.3 Å². The van der Waals surface area contributed by atoms with Crippen molar-refractivity contribution in [3.63, 3.8) is 0 Å². The lowest BCUT2D eigenvalue weighted by Crippen LogP contribution is -2.30. The standard InChI is InChI=1S/C13H14N2O2S/c1-2-7-18-8-11-12(13(16)15-14)9-5-3-4-6-10(9)17-11/h2-6H,1,7-8,14H2,(H,15,16). The molecule has 0 unspecified atom stereocenters. The van der Waals surface area contributed by atoms with E-state index in [0.717, 1.165) is 11.1 Å². The molecule has 94 valence electrons. The summed E-state index contributed by atoms with van der Waals surface area (Å²) in [6, 6.07) is 7.43. The van der Waals surface area contributed by atoms with Crippen LogP contribution >= 0.6 is 11.8 Å². The molecule has 3 N–H and O–H groups in total. The second-order valence-corrected chi connectivity index (χ2v) is 4.70. The minimum Gasteiger partial charge on any atom is -0.459 e. The third-order valence-corrected chi connectivity index (χ3v) is 3.43. The average Bonchev–Trinajstić information content (AvgIpc) is 2.76. The Balaban J connectivity index is 2.43. The van der Waals surface area contributed by atoms with Gasteiger partial charge >= 0.3 is 0 Å². The van der Waals surface area contributed by atoms with Crippen LogP contribution in [0.4, 0.5) is 0 Å². The van der Waals surface area contributed by atoms with Crippen LogP contribution in [0.5, 0.6) is 0 Å². The molecule has 0 aliphatic carbocycles. The zero-order chi connectivity index (χ0) is 13.0. The summed E-state index contributed by atoms with van der Waals surface area (Å²) in [4.78, 5) is 11.8. The van der Waals surface area contributed by atoms with Crippen molar-refractivity contribution < 1.29 is 9.21 Å². The number of hydrogen-bond acceptors (Lipinski definition) is 4. The summed E-state index contributed by atoms with van der Waals surface area (Å²) in [6.07, 6.45) is 1.82. The summed E-state index contributed by atoms with van der Waals surface area (Å²) in [5.41, 5.74) is 3.38. The Morgan fingerprint density at radius 3 is 3.00 bits per heavy atom. The smallest absolute Gasteiger partial charge is 0.269 e. The van der Waals surface area contributed by atoms with Gasteiger partial charge in [0.15, 0.2) is 0 Å². The second-order valence-electron chi connectivity index (χ2n) is 3.67. The van der Waals surface area contributed by atoms with Gasteiger partial charge in [-0.2, -0.15) is 0 Å². The Labute approximate surface area is 109 Å². The van der Waals surface area contributed by atoms with Crippen LogP contribution in [0.1, 0.15) is 16.1 Å².